The van der Waals surface area contributed by atoms with E-state index in [2.05, 4.69) is 16.7 Å². The van der Waals surface area contributed by atoms with E-state index in [1.54, 1.807) is 24.3 Å². The average Bonchev–Trinajstić information content (AvgIpc) is 3.38. The zero-order valence-corrected chi connectivity index (χ0v) is 12.7. The number of hydrogen-bond donors (Lipinski definition) is 3. The summed E-state index contributed by atoms with van der Waals surface area (Å²) in [5.41, 5.74) is 1.31. The molecule has 2 amide bonds. The number of anilines is 1. The van der Waals surface area contributed by atoms with Crippen LogP contribution in [-0.4, -0.2) is 23.1 Å². The fraction of sp³-hybridized carbons (Fsp3) is 0.471. The Morgan fingerprint density at radius 1 is 1.30 bits per heavy atom. The van der Waals surface area contributed by atoms with Gasteiger partial charge in [-0.3, -0.25) is 4.79 Å². The molecule has 2 atom stereocenters. The quantitative estimate of drug-likeness (QED) is 0.751. The van der Waals surface area contributed by atoms with Gasteiger partial charge in [0.15, 0.2) is 0 Å². The maximum Gasteiger partial charge on any atom is 0.319 e. The molecular formula is C17H19N3O3. The lowest BCUT2D eigenvalue weighted by Crippen LogP contribution is -2.34. The number of carbonyl (C=O) groups is 2. The number of hydrogen-bond acceptors (Lipinski definition) is 3. The number of carboxylic acid groups (broad SMARTS) is 1. The van der Waals surface area contributed by atoms with Gasteiger partial charge in [-0.2, -0.15) is 5.26 Å². The molecule has 0 saturated heterocycles. The number of urea groups is 1. The topological polar surface area (TPSA) is 102 Å². The number of aliphatic carboxylic acids is 1. The van der Waals surface area contributed by atoms with Crippen LogP contribution in [-0.2, 0) is 11.2 Å². The molecule has 0 heterocycles. The molecule has 120 valence electrons. The molecule has 2 unspecified atom stereocenters. The zero-order chi connectivity index (χ0) is 16.4. The number of nitrogens with zero attached hydrogens (tertiary/aromatic N) is 1. The number of nitrogens with one attached hydrogen (secondary N) is 2. The van der Waals surface area contributed by atoms with Gasteiger partial charge in [0.1, 0.15) is 0 Å². The van der Waals surface area contributed by atoms with Crippen molar-refractivity contribution < 1.29 is 14.7 Å². The van der Waals surface area contributed by atoms with Gasteiger partial charge < -0.3 is 15.7 Å². The lowest BCUT2D eigenvalue weighted by molar-refractivity contribution is -0.138. The second-order valence-electron chi connectivity index (χ2n) is 6.46. The molecular weight excluding hydrogens is 294 g/mol. The second kappa shape index (κ2) is 5.92. The van der Waals surface area contributed by atoms with Gasteiger partial charge in [0.05, 0.1) is 18.9 Å². The monoisotopic (exact) mass is 313 g/mol. The first-order valence-corrected chi connectivity index (χ1v) is 7.79. The van der Waals surface area contributed by atoms with Crippen molar-refractivity contribution >= 4 is 17.7 Å². The molecule has 2 aliphatic rings. The molecule has 6 heteroatoms. The van der Waals surface area contributed by atoms with Gasteiger partial charge in [-0.15, -0.1) is 0 Å². The van der Waals surface area contributed by atoms with Crippen molar-refractivity contribution in [2.45, 2.75) is 38.1 Å². The summed E-state index contributed by atoms with van der Waals surface area (Å²) in [7, 11) is 0. The highest BCUT2D eigenvalue weighted by Gasteiger charge is 2.63. The fourth-order valence-electron chi connectivity index (χ4n) is 3.37. The van der Waals surface area contributed by atoms with Crippen LogP contribution in [0.2, 0.25) is 0 Å². The first-order valence-electron chi connectivity index (χ1n) is 7.79. The first kappa shape index (κ1) is 15.3. The summed E-state index contributed by atoms with van der Waals surface area (Å²) in [6, 6.07) is 8.82. The van der Waals surface area contributed by atoms with Crippen LogP contribution in [0.5, 0.6) is 0 Å². The molecule has 23 heavy (non-hydrogen) atoms. The zero-order valence-electron chi connectivity index (χ0n) is 12.7. The van der Waals surface area contributed by atoms with E-state index >= 15 is 0 Å². The van der Waals surface area contributed by atoms with E-state index in [4.69, 9.17) is 10.4 Å². The number of benzene rings is 1. The molecule has 2 fully saturated rings. The van der Waals surface area contributed by atoms with Gasteiger partial charge >= 0.3 is 12.0 Å². The number of nitriles is 1. The summed E-state index contributed by atoms with van der Waals surface area (Å²) < 4.78 is 0. The van der Waals surface area contributed by atoms with Gasteiger partial charge in [0.25, 0.3) is 0 Å². The lowest BCUT2D eigenvalue weighted by Gasteiger charge is -2.15. The number of rotatable bonds is 6. The van der Waals surface area contributed by atoms with Gasteiger partial charge in [-0.25, -0.2) is 4.79 Å². The summed E-state index contributed by atoms with van der Waals surface area (Å²) in [5.74, 6) is -0.358. The average molecular weight is 313 g/mol. The van der Waals surface area contributed by atoms with Crippen LogP contribution in [0.25, 0.3) is 0 Å². The number of carbonyl (C=O) groups excluding carboxylic acids is 1. The highest BCUT2D eigenvalue weighted by Crippen LogP contribution is 2.63. The lowest BCUT2D eigenvalue weighted by atomic mass is 9.95. The Labute approximate surface area is 134 Å². The van der Waals surface area contributed by atoms with Gasteiger partial charge in [0.2, 0.25) is 0 Å². The minimum atomic E-state index is -0.797. The summed E-state index contributed by atoms with van der Waals surface area (Å²) in [4.78, 5) is 23.1. The Morgan fingerprint density at radius 2 is 2.00 bits per heavy atom. The van der Waals surface area contributed by atoms with Crippen LogP contribution < -0.4 is 10.6 Å². The maximum atomic E-state index is 12.1. The normalized spacial score (nSPS) is 25.3. The maximum absolute atomic E-state index is 12.1. The van der Waals surface area contributed by atoms with Crippen LogP contribution in [0, 0.1) is 22.7 Å². The third-order valence-electron chi connectivity index (χ3n) is 4.79. The van der Waals surface area contributed by atoms with E-state index in [0.29, 0.717) is 18.0 Å². The highest BCUT2D eigenvalue weighted by molar-refractivity contribution is 5.89. The van der Waals surface area contributed by atoms with E-state index in [1.165, 1.54) is 0 Å². The van der Waals surface area contributed by atoms with E-state index in [9.17, 15) is 9.59 Å². The molecule has 1 aromatic rings. The Morgan fingerprint density at radius 3 is 2.57 bits per heavy atom. The fourth-order valence-corrected chi connectivity index (χ4v) is 3.37. The molecule has 1 aromatic carbocycles. The number of amides is 2. The Kier molecular flexibility index (Phi) is 3.95. The van der Waals surface area contributed by atoms with E-state index in [0.717, 1.165) is 24.8 Å². The molecule has 0 radical (unpaired) electrons. The molecule has 2 aliphatic carbocycles. The predicted molar refractivity (Wildman–Crippen MR) is 83.7 cm³/mol. The molecule has 3 N–H and O–H groups in total. The third-order valence-corrected chi connectivity index (χ3v) is 4.79. The van der Waals surface area contributed by atoms with Crippen molar-refractivity contribution in [3.05, 3.63) is 29.8 Å². The van der Waals surface area contributed by atoms with Gasteiger partial charge in [-0.05, 0) is 42.9 Å². The van der Waals surface area contributed by atoms with E-state index in [1.807, 2.05) is 0 Å². The molecule has 0 bridgehead atoms. The Hall–Kier alpha value is -2.55. The van der Waals surface area contributed by atoms with Crippen LogP contribution in [0.3, 0.4) is 0 Å². The Balaban J connectivity index is 1.54. The molecule has 0 spiro atoms. The molecule has 3 rings (SSSR count). The Bertz CT molecular complexity index is 661. The second-order valence-corrected chi connectivity index (χ2v) is 6.46. The predicted octanol–water partition coefficient (Wildman–Crippen LogP) is 2.52. The standard InChI is InChI=1S/C17H19N3O3/c18-8-7-11-1-5-13(6-2-11)19-16(23)20-14-9-17(14,10-15(21)22)12-3-4-12/h1-2,5-6,12,14H,3-4,7,9-10H2,(H,21,22)(H2,19,20,23). The van der Waals surface area contributed by atoms with Gasteiger partial charge in [-0.1, -0.05) is 12.1 Å². The third kappa shape index (κ3) is 3.45. The van der Waals surface area contributed by atoms with Crippen LogP contribution >= 0.6 is 0 Å². The van der Waals surface area contributed by atoms with Crippen molar-refractivity contribution in [3.8, 4) is 6.07 Å². The van der Waals surface area contributed by atoms with Crippen molar-refractivity contribution in [1.29, 1.82) is 5.26 Å². The molecule has 6 nitrogen and oxygen atoms in total. The van der Waals surface area contributed by atoms with Crippen LogP contribution in [0.1, 0.15) is 31.2 Å². The summed E-state index contributed by atoms with van der Waals surface area (Å²) in [5, 5.41) is 23.3. The first-order chi connectivity index (χ1) is 11.0. The van der Waals surface area contributed by atoms with Crippen LogP contribution in [0.15, 0.2) is 24.3 Å². The summed E-state index contributed by atoms with van der Waals surface area (Å²) in [6.45, 7) is 0. The summed E-state index contributed by atoms with van der Waals surface area (Å²) >= 11 is 0. The number of carboxylic acids is 1. The minimum Gasteiger partial charge on any atom is -0.481 e. The highest BCUT2D eigenvalue weighted by atomic mass is 16.4. The SMILES string of the molecule is N#CCc1ccc(NC(=O)NC2CC2(CC(=O)O)C2CC2)cc1. The van der Waals surface area contributed by atoms with Gasteiger partial charge in [0, 0.05) is 17.1 Å². The van der Waals surface area contributed by atoms with E-state index < -0.39 is 5.97 Å². The largest absolute Gasteiger partial charge is 0.481 e. The summed E-state index contributed by atoms with van der Waals surface area (Å²) in [6.07, 6.45) is 3.35. The van der Waals surface area contributed by atoms with E-state index in [-0.39, 0.29) is 23.9 Å². The smallest absolute Gasteiger partial charge is 0.319 e. The molecule has 2 saturated carbocycles. The molecule has 0 aliphatic heterocycles. The van der Waals surface area contributed by atoms with Crippen molar-refractivity contribution in [2.75, 3.05) is 5.32 Å². The van der Waals surface area contributed by atoms with Crippen molar-refractivity contribution in [1.82, 2.24) is 5.32 Å². The molecule has 0 aromatic heterocycles. The minimum absolute atomic E-state index is 0.0519. The van der Waals surface area contributed by atoms with Crippen molar-refractivity contribution in [3.63, 3.8) is 0 Å². The van der Waals surface area contributed by atoms with Crippen molar-refractivity contribution in [2.24, 2.45) is 11.3 Å². The van der Waals surface area contributed by atoms with Crippen LogP contribution in [0.4, 0.5) is 10.5 Å².